The molecule has 0 saturated carbocycles. The number of sulfonamides is 1. The van der Waals surface area contributed by atoms with E-state index in [4.69, 9.17) is 0 Å². The number of nitrogens with zero attached hydrogens (tertiary/aromatic N) is 6. The van der Waals surface area contributed by atoms with Crippen LogP contribution in [0.2, 0.25) is 0 Å². The number of nitrogens with one attached hydrogen (secondary N) is 1. The summed E-state index contributed by atoms with van der Waals surface area (Å²) in [4.78, 5) is 17.2. The topological polar surface area (TPSA) is 106 Å². The van der Waals surface area contributed by atoms with E-state index in [-0.39, 0.29) is 0 Å². The van der Waals surface area contributed by atoms with Crippen molar-refractivity contribution in [3.05, 3.63) is 66.9 Å². The number of hydrogen-bond acceptors (Lipinski definition) is 7. The zero-order valence-electron chi connectivity index (χ0n) is 15.9. The van der Waals surface area contributed by atoms with Crippen LogP contribution in [0.15, 0.2) is 61.3 Å². The Morgan fingerprint density at radius 3 is 2.66 bits per heavy atom. The highest BCUT2D eigenvalue weighted by atomic mass is 32.2. The number of aromatic nitrogens is 5. The fourth-order valence-electron chi connectivity index (χ4n) is 2.90. The summed E-state index contributed by atoms with van der Waals surface area (Å²) in [7, 11) is -1.93. The lowest BCUT2D eigenvalue weighted by Crippen LogP contribution is -2.27. The predicted octanol–water partition coefficient (Wildman–Crippen LogP) is 2.41. The summed E-state index contributed by atoms with van der Waals surface area (Å²) in [6.45, 7) is 0.415. The van der Waals surface area contributed by atoms with Crippen LogP contribution in [0.4, 0.5) is 17.5 Å². The molecule has 0 fully saturated rings. The zero-order valence-corrected chi connectivity index (χ0v) is 16.7. The fourth-order valence-corrected chi connectivity index (χ4v) is 3.38. The molecule has 0 radical (unpaired) electrons. The zero-order chi connectivity index (χ0) is 20.4. The van der Waals surface area contributed by atoms with Crippen LogP contribution in [0.5, 0.6) is 0 Å². The van der Waals surface area contributed by atoms with Crippen LogP contribution >= 0.6 is 0 Å². The number of anilines is 3. The molecule has 4 aromatic rings. The van der Waals surface area contributed by atoms with Gasteiger partial charge in [0.05, 0.1) is 12.8 Å². The Kier molecular flexibility index (Phi) is 4.85. The van der Waals surface area contributed by atoms with Crippen molar-refractivity contribution in [3.63, 3.8) is 0 Å². The van der Waals surface area contributed by atoms with Crippen molar-refractivity contribution in [2.75, 3.05) is 22.9 Å². The van der Waals surface area contributed by atoms with Crippen molar-refractivity contribution in [2.24, 2.45) is 0 Å². The molecule has 0 saturated heterocycles. The Morgan fingerprint density at radius 1 is 1.10 bits per heavy atom. The first kappa shape index (κ1) is 18.8. The second kappa shape index (κ2) is 7.47. The number of fused-ring (bicyclic) bond motifs is 1. The summed E-state index contributed by atoms with van der Waals surface area (Å²) in [6, 6.07) is 9.21. The largest absolute Gasteiger partial charge is 0.328 e. The quantitative estimate of drug-likeness (QED) is 0.521. The summed E-state index contributed by atoms with van der Waals surface area (Å²) >= 11 is 0. The minimum atomic E-state index is -3.42. The third-order valence-corrected chi connectivity index (χ3v) is 5.61. The Labute approximate surface area is 168 Å². The lowest BCUT2D eigenvalue weighted by Gasteiger charge is -2.19. The molecule has 148 valence electrons. The van der Waals surface area contributed by atoms with Crippen LogP contribution in [-0.4, -0.2) is 46.2 Å². The van der Waals surface area contributed by atoms with Crippen LogP contribution in [0.3, 0.4) is 0 Å². The van der Waals surface area contributed by atoms with E-state index in [9.17, 15) is 8.42 Å². The van der Waals surface area contributed by atoms with E-state index in [1.54, 1.807) is 30.9 Å². The summed E-state index contributed by atoms with van der Waals surface area (Å²) in [6.07, 6.45) is 9.74. The molecule has 0 amide bonds. The maximum atomic E-state index is 12.0. The van der Waals surface area contributed by atoms with E-state index in [1.165, 1.54) is 11.4 Å². The fraction of sp³-hybridized carbons (Fsp3) is 0.158. The third-order valence-electron chi connectivity index (χ3n) is 4.44. The molecule has 4 rings (SSSR count). The molecular formula is C19H19N7O2S. The van der Waals surface area contributed by atoms with Gasteiger partial charge in [0, 0.05) is 54.7 Å². The van der Waals surface area contributed by atoms with Crippen molar-refractivity contribution in [3.8, 4) is 0 Å². The summed E-state index contributed by atoms with van der Waals surface area (Å²) in [5, 5.41) is 4.03. The van der Waals surface area contributed by atoms with E-state index in [1.807, 2.05) is 35.0 Å². The van der Waals surface area contributed by atoms with Gasteiger partial charge in [-0.25, -0.2) is 18.4 Å². The molecular weight excluding hydrogens is 390 g/mol. The van der Waals surface area contributed by atoms with E-state index < -0.39 is 10.0 Å². The van der Waals surface area contributed by atoms with Crippen LogP contribution < -0.4 is 9.62 Å². The van der Waals surface area contributed by atoms with Crippen molar-refractivity contribution in [2.45, 2.75) is 6.54 Å². The summed E-state index contributed by atoms with van der Waals surface area (Å²) < 4.78 is 27.0. The first-order valence-corrected chi connectivity index (χ1v) is 10.6. The maximum Gasteiger partial charge on any atom is 0.233 e. The van der Waals surface area contributed by atoms with E-state index in [0.717, 1.165) is 28.5 Å². The highest BCUT2D eigenvalue weighted by Crippen LogP contribution is 2.22. The smallest absolute Gasteiger partial charge is 0.233 e. The molecule has 0 unspecified atom stereocenters. The van der Waals surface area contributed by atoms with Gasteiger partial charge in [0.1, 0.15) is 11.5 Å². The minimum Gasteiger partial charge on any atom is -0.328 e. The van der Waals surface area contributed by atoms with Crippen molar-refractivity contribution in [1.82, 2.24) is 24.5 Å². The van der Waals surface area contributed by atoms with Crippen molar-refractivity contribution in [1.29, 1.82) is 0 Å². The van der Waals surface area contributed by atoms with Gasteiger partial charge < -0.3 is 9.88 Å². The average Bonchev–Trinajstić information content (AvgIpc) is 3.10. The lowest BCUT2D eigenvalue weighted by atomic mass is 10.2. The van der Waals surface area contributed by atoms with Gasteiger partial charge in [0.25, 0.3) is 0 Å². The molecule has 0 bridgehead atoms. The van der Waals surface area contributed by atoms with Crippen LogP contribution in [0.1, 0.15) is 5.56 Å². The Hall–Kier alpha value is -3.53. The molecule has 0 aliphatic heterocycles. The second-order valence-electron chi connectivity index (χ2n) is 6.49. The van der Waals surface area contributed by atoms with Gasteiger partial charge in [-0.2, -0.15) is 4.98 Å². The molecule has 9 nitrogen and oxygen atoms in total. The monoisotopic (exact) mass is 409 g/mol. The van der Waals surface area contributed by atoms with Crippen LogP contribution in [-0.2, 0) is 16.6 Å². The van der Waals surface area contributed by atoms with Gasteiger partial charge in [0.15, 0.2) is 0 Å². The van der Waals surface area contributed by atoms with E-state index in [2.05, 4.69) is 25.3 Å². The summed E-state index contributed by atoms with van der Waals surface area (Å²) in [5.74, 6) is 0.851. The van der Waals surface area contributed by atoms with Crippen LogP contribution in [0, 0.1) is 0 Å². The highest BCUT2D eigenvalue weighted by molar-refractivity contribution is 7.92. The molecule has 0 aliphatic rings. The average molecular weight is 409 g/mol. The van der Waals surface area contributed by atoms with Crippen molar-refractivity contribution >= 4 is 38.5 Å². The predicted molar refractivity (Wildman–Crippen MR) is 112 cm³/mol. The van der Waals surface area contributed by atoms with Gasteiger partial charge in [-0.05, 0) is 24.3 Å². The normalized spacial score (nSPS) is 11.5. The van der Waals surface area contributed by atoms with Gasteiger partial charge in [-0.1, -0.05) is 6.07 Å². The molecule has 0 spiro atoms. The number of hydrogen-bond donors (Lipinski definition) is 1. The molecule has 0 atom stereocenters. The van der Waals surface area contributed by atoms with Crippen LogP contribution in [0.25, 0.3) is 11.0 Å². The molecule has 4 heterocycles. The molecule has 1 N–H and O–H groups in total. The highest BCUT2D eigenvalue weighted by Gasteiger charge is 2.17. The Bertz CT molecular complexity index is 1260. The maximum absolute atomic E-state index is 12.0. The second-order valence-corrected chi connectivity index (χ2v) is 8.51. The SMILES string of the molecule is CN(c1ncccc1Cn1ccc2cnc(Nc3ccncc3)nc21)S(C)(=O)=O. The number of rotatable bonds is 6. The molecule has 0 aromatic carbocycles. The Morgan fingerprint density at radius 2 is 1.90 bits per heavy atom. The third kappa shape index (κ3) is 4.02. The Balaban J connectivity index is 1.68. The van der Waals surface area contributed by atoms with Crippen molar-refractivity contribution < 1.29 is 8.42 Å². The first-order valence-electron chi connectivity index (χ1n) is 8.78. The molecule has 29 heavy (non-hydrogen) atoms. The van der Waals surface area contributed by atoms with Gasteiger partial charge >= 0.3 is 0 Å². The summed E-state index contributed by atoms with van der Waals surface area (Å²) in [5.41, 5.74) is 2.33. The molecule has 4 aromatic heterocycles. The van der Waals surface area contributed by atoms with E-state index >= 15 is 0 Å². The van der Waals surface area contributed by atoms with Gasteiger partial charge in [-0.15, -0.1) is 0 Å². The minimum absolute atomic E-state index is 0.390. The molecule has 10 heteroatoms. The van der Waals surface area contributed by atoms with Gasteiger partial charge in [-0.3, -0.25) is 9.29 Å². The van der Waals surface area contributed by atoms with Gasteiger partial charge in [0.2, 0.25) is 16.0 Å². The van der Waals surface area contributed by atoms with E-state index in [0.29, 0.717) is 18.3 Å². The molecule has 0 aliphatic carbocycles. The number of pyridine rings is 2. The lowest BCUT2D eigenvalue weighted by molar-refractivity contribution is 0.599. The first-order chi connectivity index (χ1) is 13.9. The standard InChI is InChI=1S/C19H19N7O2S/c1-25(29(2,27)28)17-15(4-3-8-21-17)13-26-11-7-14-12-22-19(24-18(14)26)23-16-5-9-20-10-6-16/h3-12H,13H2,1-2H3,(H,20,22,23,24).